The number of amides is 1. The topological polar surface area (TPSA) is 50.4 Å². The normalized spacial score (nSPS) is 18.6. The highest BCUT2D eigenvalue weighted by molar-refractivity contribution is 7.99. The van der Waals surface area contributed by atoms with Gasteiger partial charge in [0.25, 0.3) is 0 Å². The number of ether oxygens (including phenoxy) is 1. The molecule has 1 fully saturated rings. The van der Waals surface area contributed by atoms with Crippen LogP contribution in [-0.2, 0) is 4.79 Å². The standard InChI is InChI=1S/C15H21ClN2O2S/c1-10(2)20-15-12(16)4-3-5-13(15)18-14(19)8-11-9-21-7-6-17-11/h3-5,10-11,17H,6-9H2,1-2H3,(H,18,19). The van der Waals surface area contributed by atoms with Gasteiger partial charge in [0, 0.05) is 30.5 Å². The molecule has 6 heteroatoms. The van der Waals surface area contributed by atoms with Gasteiger partial charge in [0.2, 0.25) is 5.91 Å². The summed E-state index contributed by atoms with van der Waals surface area (Å²) in [5.74, 6) is 2.59. The Morgan fingerprint density at radius 2 is 2.38 bits per heavy atom. The van der Waals surface area contributed by atoms with E-state index >= 15 is 0 Å². The lowest BCUT2D eigenvalue weighted by molar-refractivity contribution is -0.116. The van der Waals surface area contributed by atoms with Gasteiger partial charge in [-0.15, -0.1) is 0 Å². The van der Waals surface area contributed by atoms with Crippen molar-refractivity contribution < 1.29 is 9.53 Å². The van der Waals surface area contributed by atoms with E-state index in [9.17, 15) is 4.79 Å². The third-order valence-electron chi connectivity index (χ3n) is 3.02. The molecule has 0 bridgehead atoms. The summed E-state index contributed by atoms with van der Waals surface area (Å²) in [6, 6.07) is 5.61. The molecule has 1 saturated heterocycles. The van der Waals surface area contributed by atoms with Crippen molar-refractivity contribution in [3.63, 3.8) is 0 Å². The lowest BCUT2D eigenvalue weighted by atomic mass is 10.2. The van der Waals surface area contributed by atoms with Crippen LogP contribution in [0, 0.1) is 0 Å². The number of rotatable bonds is 5. The molecule has 21 heavy (non-hydrogen) atoms. The summed E-state index contributed by atoms with van der Waals surface area (Å²) in [5, 5.41) is 6.77. The van der Waals surface area contributed by atoms with Gasteiger partial charge in [-0.25, -0.2) is 0 Å². The molecule has 1 atom stereocenters. The highest BCUT2D eigenvalue weighted by Crippen LogP contribution is 2.33. The number of halogens is 1. The molecule has 1 aliphatic rings. The van der Waals surface area contributed by atoms with E-state index in [1.165, 1.54) is 0 Å². The van der Waals surface area contributed by atoms with Crippen molar-refractivity contribution in [3.8, 4) is 5.75 Å². The molecule has 116 valence electrons. The van der Waals surface area contributed by atoms with Crippen LogP contribution in [0.25, 0.3) is 0 Å². The van der Waals surface area contributed by atoms with E-state index in [0.29, 0.717) is 22.9 Å². The van der Waals surface area contributed by atoms with Gasteiger partial charge in [-0.05, 0) is 26.0 Å². The van der Waals surface area contributed by atoms with Gasteiger partial charge in [-0.1, -0.05) is 17.7 Å². The predicted octanol–water partition coefficient (Wildman–Crippen LogP) is 3.16. The van der Waals surface area contributed by atoms with E-state index < -0.39 is 0 Å². The fourth-order valence-corrected chi connectivity index (χ4v) is 3.31. The van der Waals surface area contributed by atoms with Gasteiger partial charge in [0.15, 0.2) is 5.75 Å². The lowest BCUT2D eigenvalue weighted by Crippen LogP contribution is -2.39. The van der Waals surface area contributed by atoms with Gasteiger partial charge < -0.3 is 15.4 Å². The molecular formula is C15H21ClN2O2S. The summed E-state index contributed by atoms with van der Waals surface area (Å²) in [6.07, 6.45) is 0.456. The SMILES string of the molecule is CC(C)Oc1c(Cl)cccc1NC(=O)CC1CSCCN1. The summed E-state index contributed by atoms with van der Waals surface area (Å²) >= 11 is 8.03. The number of anilines is 1. The van der Waals surface area contributed by atoms with E-state index in [1.807, 2.05) is 31.7 Å². The maximum Gasteiger partial charge on any atom is 0.226 e. The molecule has 1 aromatic carbocycles. The molecule has 0 radical (unpaired) electrons. The number of nitrogens with one attached hydrogen (secondary N) is 2. The number of hydrogen-bond acceptors (Lipinski definition) is 4. The molecule has 1 unspecified atom stereocenters. The fraction of sp³-hybridized carbons (Fsp3) is 0.533. The van der Waals surface area contributed by atoms with E-state index in [0.717, 1.165) is 18.1 Å². The number of thioether (sulfide) groups is 1. The molecule has 2 rings (SSSR count). The molecule has 1 heterocycles. The third kappa shape index (κ3) is 5.09. The zero-order chi connectivity index (χ0) is 15.2. The number of benzene rings is 1. The van der Waals surface area contributed by atoms with Crippen molar-refractivity contribution in [1.82, 2.24) is 5.32 Å². The van der Waals surface area contributed by atoms with Crippen LogP contribution >= 0.6 is 23.4 Å². The molecule has 0 aromatic heterocycles. The van der Waals surface area contributed by atoms with E-state index in [1.54, 1.807) is 12.1 Å². The number of carbonyl (C=O) groups excluding carboxylic acids is 1. The van der Waals surface area contributed by atoms with Gasteiger partial charge in [-0.2, -0.15) is 11.8 Å². The van der Waals surface area contributed by atoms with Crippen LogP contribution in [0.1, 0.15) is 20.3 Å². The first-order valence-electron chi connectivity index (χ1n) is 7.12. The minimum atomic E-state index is -0.0223. The first-order chi connectivity index (χ1) is 10.1. The van der Waals surface area contributed by atoms with Crippen molar-refractivity contribution >= 4 is 35.0 Å². The number of hydrogen-bond donors (Lipinski definition) is 2. The molecule has 0 saturated carbocycles. The molecule has 4 nitrogen and oxygen atoms in total. The monoisotopic (exact) mass is 328 g/mol. The van der Waals surface area contributed by atoms with Crippen LogP contribution in [0.15, 0.2) is 18.2 Å². The molecule has 1 amide bonds. The maximum atomic E-state index is 12.2. The second-order valence-electron chi connectivity index (χ2n) is 5.26. The summed E-state index contributed by atoms with van der Waals surface area (Å²) < 4.78 is 5.70. The lowest BCUT2D eigenvalue weighted by Gasteiger charge is -2.23. The molecule has 1 aliphatic heterocycles. The van der Waals surface area contributed by atoms with Gasteiger partial charge in [-0.3, -0.25) is 4.79 Å². The first kappa shape index (κ1) is 16.5. The second-order valence-corrected chi connectivity index (χ2v) is 6.82. The Bertz CT molecular complexity index is 491. The van der Waals surface area contributed by atoms with Crippen LogP contribution in [0.5, 0.6) is 5.75 Å². The van der Waals surface area contributed by atoms with Gasteiger partial charge in [0.1, 0.15) is 0 Å². The number of carbonyl (C=O) groups is 1. The van der Waals surface area contributed by atoms with Crippen molar-refractivity contribution in [2.75, 3.05) is 23.4 Å². The van der Waals surface area contributed by atoms with Crippen molar-refractivity contribution in [3.05, 3.63) is 23.2 Å². The Morgan fingerprint density at radius 1 is 1.57 bits per heavy atom. The van der Waals surface area contributed by atoms with Gasteiger partial charge in [0.05, 0.1) is 16.8 Å². The third-order valence-corrected chi connectivity index (χ3v) is 4.45. The van der Waals surface area contributed by atoms with Crippen LogP contribution in [0.2, 0.25) is 5.02 Å². The molecule has 2 N–H and O–H groups in total. The predicted molar refractivity (Wildman–Crippen MR) is 89.6 cm³/mol. The molecular weight excluding hydrogens is 308 g/mol. The fourth-order valence-electron chi connectivity index (χ4n) is 2.14. The quantitative estimate of drug-likeness (QED) is 0.871. The summed E-state index contributed by atoms with van der Waals surface area (Å²) in [7, 11) is 0. The summed E-state index contributed by atoms with van der Waals surface area (Å²) in [4.78, 5) is 12.2. The zero-order valence-electron chi connectivity index (χ0n) is 12.3. The highest BCUT2D eigenvalue weighted by atomic mass is 35.5. The Labute approximate surface area is 135 Å². The Balaban J connectivity index is 2.01. The minimum absolute atomic E-state index is 0.00281. The first-order valence-corrected chi connectivity index (χ1v) is 8.65. The molecule has 1 aromatic rings. The second kappa shape index (κ2) is 7.92. The van der Waals surface area contributed by atoms with Crippen molar-refractivity contribution in [2.45, 2.75) is 32.4 Å². The molecule has 0 aliphatic carbocycles. The Hall–Kier alpha value is -0.910. The highest BCUT2D eigenvalue weighted by Gasteiger charge is 2.18. The van der Waals surface area contributed by atoms with E-state index in [-0.39, 0.29) is 18.1 Å². The van der Waals surface area contributed by atoms with Crippen LogP contribution < -0.4 is 15.4 Å². The van der Waals surface area contributed by atoms with Crippen LogP contribution in [-0.4, -0.2) is 36.1 Å². The van der Waals surface area contributed by atoms with Gasteiger partial charge >= 0.3 is 0 Å². The average Bonchev–Trinajstić information content (AvgIpc) is 2.43. The van der Waals surface area contributed by atoms with Crippen molar-refractivity contribution in [2.24, 2.45) is 0 Å². The van der Waals surface area contributed by atoms with Crippen molar-refractivity contribution in [1.29, 1.82) is 0 Å². The van der Waals surface area contributed by atoms with Crippen LogP contribution in [0.4, 0.5) is 5.69 Å². The number of para-hydroxylation sites is 1. The van der Waals surface area contributed by atoms with E-state index in [2.05, 4.69) is 10.6 Å². The smallest absolute Gasteiger partial charge is 0.226 e. The zero-order valence-corrected chi connectivity index (χ0v) is 13.9. The average molecular weight is 329 g/mol. The summed E-state index contributed by atoms with van der Waals surface area (Å²) in [5.41, 5.74) is 0.629. The maximum absolute atomic E-state index is 12.2. The van der Waals surface area contributed by atoms with Crippen LogP contribution in [0.3, 0.4) is 0 Å². The largest absolute Gasteiger partial charge is 0.487 e. The summed E-state index contributed by atoms with van der Waals surface area (Å²) in [6.45, 7) is 4.82. The Kier molecular flexibility index (Phi) is 6.21. The Morgan fingerprint density at radius 3 is 3.05 bits per heavy atom. The minimum Gasteiger partial charge on any atom is -0.487 e. The molecule has 0 spiro atoms. The van der Waals surface area contributed by atoms with E-state index in [4.69, 9.17) is 16.3 Å².